The molecule has 2 rings (SSSR count). The molecule has 1 aromatic rings. The van der Waals surface area contributed by atoms with Gasteiger partial charge in [0, 0.05) is 0 Å². The molecule has 0 aromatic heterocycles. The predicted octanol–water partition coefficient (Wildman–Crippen LogP) is 3.14. The Hall–Kier alpha value is -2.36. The standard InChI is InChI=1S/C18H20O4/c1-4-14-11-18(16(19)21-2,17(20)22-3)12-15(14)10-13-8-6-5-7-9-13/h4-10H,11-12H2,1-3H3/b14-4-,15-10+. The Labute approximate surface area is 130 Å². The fraction of sp³-hybridized carbons (Fsp3) is 0.333. The van der Waals surface area contributed by atoms with Crippen molar-refractivity contribution >= 4 is 18.0 Å². The average molecular weight is 300 g/mol. The van der Waals surface area contributed by atoms with Crippen LogP contribution >= 0.6 is 0 Å². The molecule has 0 radical (unpaired) electrons. The summed E-state index contributed by atoms with van der Waals surface area (Å²) >= 11 is 0. The van der Waals surface area contributed by atoms with E-state index in [9.17, 15) is 9.59 Å². The first-order chi connectivity index (χ1) is 10.6. The van der Waals surface area contributed by atoms with Crippen LogP contribution in [0.4, 0.5) is 0 Å². The van der Waals surface area contributed by atoms with Crippen LogP contribution in [-0.4, -0.2) is 26.2 Å². The number of methoxy groups -OCH3 is 2. The second-order valence-corrected chi connectivity index (χ2v) is 5.31. The van der Waals surface area contributed by atoms with Crippen molar-refractivity contribution in [3.8, 4) is 0 Å². The van der Waals surface area contributed by atoms with Gasteiger partial charge >= 0.3 is 11.9 Å². The van der Waals surface area contributed by atoms with Gasteiger partial charge in [-0.3, -0.25) is 9.59 Å². The van der Waals surface area contributed by atoms with Gasteiger partial charge in [-0.05, 0) is 36.5 Å². The van der Waals surface area contributed by atoms with E-state index in [0.29, 0.717) is 12.8 Å². The zero-order valence-corrected chi connectivity index (χ0v) is 13.1. The number of benzene rings is 1. The molecule has 0 heterocycles. The minimum atomic E-state index is -1.27. The number of hydrogen-bond donors (Lipinski definition) is 0. The summed E-state index contributed by atoms with van der Waals surface area (Å²) in [4.78, 5) is 24.4. The van der Waals surface area contributed by atoms with Crippen LogP contribution in [0.3, 0.4) is 0 Å². The molecule has 1 aliphatic rings. The zero-order valence-electron chi connectivity index (χ0n) is 13.1. The Balaban J connectivity index is 2.45. The van der Waals surface area contributed by atoms with Crippen LogP contribution < -0.4 is 0 Å². The third-order valence-corrected chi connectivity index (χ3v) is 4.04. The Kier molecular flexibility index (Phi) is 4.81. The van der Waals surface area contributed by atoms with E-state index in [-0.39, 0.29) is 0 Å². The predicted molar refractivity (Wildman–Crippen MR) is 83.9 cm³/mol. The van der Waals surface area contributed by atoms with E-state index in [1.807, 2.05) is 49.4 Å². The van der Waals surface area contributed by atoms with Crippen LogP contribution in [0.1, 0.15) is 25.3 Å². The van der Waals surface area contributed by atoms with E-state index in [4.69, 9.17) is 9.47 Å². The fourth-order valence-electron chi connectivity index (χ4n) is 2.88. The highest BCUT2D eigenvalue weighted by Crippen LogP contribution is 2.47. The molecule has 1 fully saturated rings. The number of carbonyl (C=O) groups is 2. The minimum absolute atomic E-state index is 0.293. The number of carbonyl (C=O) groups excluding carboxylic acids is 2. The topological polar surface area (TPSA) is 52.6 Å². The first-order valence-corrected chi connectivity index (χ1v) is 7.15. The highest BCUT2D eigenvalue weighted by Gasteiger charge is 2.53. The molecule has 0 unspecified atom stereocenters. The van der Waals surface area contributed by atoms with Crippen molar-refractivity contribution in [3.63, 3.8) is 0 Å². The lowest BCUT2D eigenvalue weighted by Crippen LogP contribution is -2.38. The largest absolute Gasteiger partial charge is 0.468 e. The molecule has 1 aliphatic carbocycles. The summed E-state index contributed by atoms with van der Waals surface area (Å²) in [5, 5.41) is 0. The Morgan fingerprint density at radius 3 is 2.05 bits per heavy atom. The minimum Gasteiger partial charge on any atom is -0.468 e. The van der Waals surface area contributed by atoms with Crippen molar-refractivity contribution in [1.82, 2.24) is 0 Å². The Bertz CT molecular complexity index is 610. The van der Waals surface area contributed by atoms with Gasteiger partial charge in [0.25, 0.3) is 0 Å². The average Bonchev–Trinajstić information content (AvgIpc) is 2.94. The molecule has 1 aromatic carbocycles. The van der Waals surface area contributed by atoms with E-state index in [1.54, 1.807) is 0 Å². The fourth-order valence-corrected chi connectivity index (χ4v) is 2.88. The Morgan fingerprint density at radius 1 is 1.00 bits per heavy atom. The van der Waals surface area contributed by atoms with E-state index < -0.39 is 17.4 Å². The molecular weight excluding hydrogens is 280 g/mol. The van der Waals surface area contributed by atoms with Crippen LogP contribution in [0.5, 0.6) is 0 Å². The number of hydrogen-bond acceptors (Lipinski definition) is 4. The smallest absolute Gasteiger partial charge is 0.323 e. The van der Waals surface area contributed by atoms with Crippen molar-refractivity contribution in [2.75, 3.05) is 14.2 Å². The number of rotatable bonds is 3. The van der Waals surface area contributed by atoms with Gasteiger partial charge in [-0.1, -0.05) is 42.5 Å². The first kappa shape index (κ1) is 16.0. The third kappa shape index (κ3) is 2.82. The number of esters is 2. The summed E-state index contributed by atoms with van der Waals surface area (Å²) in [5.41, 5.74) is 1.69. The highest BCUT2D eigenvalue weighted by atomic mass is 16.5. The first-order valence-electron chi connectivity index (χ1n) is 7.15. The molecule has 0 saturated heterocycles. The van der Waals surface area contributed by atoms with Crippen molar-refractivity contribution in [3.05, 3.63) is 53.1 Å². The third-order valence-electron chi connectivity index (χ3n) is 4.04. The van der Waals surface area contributed by atoms with Gasteiger partial charge in [0.15, 0.2) is 5.41 Å². The van der Waals surface area contributed by atoms with Crippen molar-refractivity contribution in [1.29, 1.82) is 0 Å². The molecule has 4 nitrogen and oxygen atoms in total. The van der Waals surface area contributed by atoms with Crippen LogP contribution in [0.25, 0.3) is 6.08 Å². The molecule has 4 heteroatoms. The molecular formula is C18H20O4. The van der Waals surface area contributed by atoms with Crippen LogP contribution in [0, 0.1) is 5.41 Å². The summed E-state index contributed by atoms with van der Waals surface area (Å²) in [5.74, 6) is -1.09. The summed E-state index contributed by atoms with van der Waals surface area (Å²) in [6.45, 7) is 1.90. The molecule has 0 bridgehead atoms. The molecule has 0 atom stereocenters. The normalized spacial score (nSPS) is 20.1. The molecule has 22 heavy (non-hydrogen) atoms. The van der Waals surface area contributed by atoms with Crippen LogP contribution in [0.15, 0.2) is 47.6 Å². The second-order valence-electron chi connectivity index (χ2n) is 5.31. The SMILES string of the molecule is C/C=C1/CC(C(=O)OC)(C(=O)OC)C/C1=C\c1ccccc1. The second kappa shape index (κ2) is 6.60. The quantitative estimate of drug-likeness (QED) is 0.635. The maximum atomic E-state index is 12.2. The van der Waals surface area contributed by atoms with Gasteiger partial charge < -0.3 is 9.47 Å². The van der Waals surface area contributed by atoms with Crippen molar-refractivity contribution < 1.29 is 19.1 Å². The molecule has 0 spiro atoms. The summed E-state index contributed by atoms with van der Waals surface area (Å²) in [6, 6.07) is 9.81. The van der Waals surface area contributed by atoms with Gasteiger partial charge in [-0.15, -0.1) is 0 Å². The number of allylic oxidation sites excluding steroid dienone is 3. The maximum absolute atomic E-state index is 12.2. The van der Waals surface area contributed by atoms with E-state index >= 15 is 0 Å². The summed E-state index contributed by atoms with van der Waals surface area (Å²) in [6.07, 6.45) is 4.54. The van der Waals surface area contributed by atoms with Gasteiger partial charge in [0.1, 0.15) is 0 Å². The van der Waals surface area contributed by atoms with E-state index in [0.717, 1.165) is 16.7 Å². The van der Waals surface area contributed by atoms with Crippen LogP contribution in [-0.2, 0) is 19.1 Å². The summed E-state index contributed by atoms with van der Waals surface area (Å²) in [7, 11) is 2.59. The van der Waals surface area contributed by atoms with Crippen molar-refractivity contribution in [2.24, 2.45) is 5.41 Å². The lowest BCUT2D eigenvalue weighted by molar-refractivity contribution is -0.168. The molecule has 0 aliphatic heterocycles. The Morgan fingerprint density at radius 2 is 1.55 bits per heavy atom. The number of ether oxygens (including phenoxy) is 2. The lowest BCUT2D eigenvalue weighted by atomic mass is 9.85. The van der Waals surface area contributed by atoms with Crippen molar-refractivity contribution in [2.45, 2.75) is 19.8 Å². The zero-order chi connectivity index (χ0) is 16.2. The van der Waals surface area contributed by atoms with Gasteiger partial charge in [0.05, 0.1) is 14.2 Å². The van der Waals surface area contributed by atoms with Gasteiger partial charge in [-0.2, -0.15) is 0 Å². The molecule has 116 valence electrons. The van der Waals surface area contributed by atoms with Gasteiger partial charge in [0.2, 0.25) is 0 Å². The molecule has 1 saturated carbocycles. The lowest BCUT2D eigenvalue weighted by Gasteiger charge is -2.21. The highest BCUT2D eigenvalue weighted by molar-refractivity contribution is 6.02. The van der Waals surface area contributed by atoms with Crippen LogP contribution in [0.2, 0.25) is 0 Å². The summed E-state index contributed by atoms with van der Waals surface area (Å²) < 4.78 is 9.72. The van der Waals surface area contributed by atoms with E-state index in [1.165, 1.54) is 14.2 Å². The monoisotopic (exact) mass is 300 g/mol. The van der Waals surface area contributed by atoms with Gasteiger partial charge in [-0.25, -0.2) is 0 Å². The maximum Gasteiger partial charge on any atom is 0.323 e. The molecule has 0 N–H and O–H groups in total. The van der Waals surface area contributed by atoms with E-state index in [2.05, 4.69) is 0 Å². The molecule has 0 amide bonds.